The molecule has 1 N–H and O–H groups in total. The summed E-state index contributed by atoms with van der Waals surface area (Å²) in [6.07, 6.45) is 0. The molecular weight excluding hydrogens is 325 g/mol. The molecule has 0 bridgehead atoms. The van der Waals surface area contributed by atoms with Crippen molar-refractivity contribution in [2.24, 2.45) is 0 Å². The maximum absolute atomic E-state index is 13.9. The van der Waals surface area contributed by atoms with Gasteiger partial charge in [0.25, 0.3) is 0 Å². The molecule has 2 aromatic carbocycles. The Labute approximate surface area is 146 Å². The Hall–Kier alpha value is -2.47. The Balaban J connectivity index is 1.71. The minimum atomic E-state index is -0.366. The van der Waals surface area contributed by atoms with E-state index >= 15 is 0 Å². The predicted molar refractivity (Wildman–Crippen MR) is 92.2 cm³/mol. The highest BCUT2D eigenvalue weighted by Gasteiger charge is 2.18. The zero-order chi connectivity index (χ0) is 17.8. The minimum Gasteiger partial charge on any atom is -0.494 e. The molecule has 1 unspecified atom stereocenters. The highest BCUT2D eigenvalue weighted by atomic mass is 19.1. The van der Waals surface area contributed by atoms with Gasteiger partial charge < -0.3 is 24.3 Å². The van der Waals surface area contributed by atoms with Crippen LogP contribution in [-0.4, -0.2) is 27.4 Å². The summed E-state index contributed by atoms with van der Waals surface area (Å²) in [6.45, 7) is 3.61. The van der Waals surface area contributed by atoms with Gasteiger partial charge in [-0.25, -0.2) is 4.39 Å². The van der Waals surface area contributed by atoms with Crippen LogP contribution in [0.4, 0.5) is 4.39 Å². The number of methoxy groups -OCH3 is 2. The third kappa shape index (κ3) is 3.79. The number of fused-ring (bicyclic) bond motifs is 1. The van der Waals surface area contributed by atoms with Gasteiger partial charge in [0, 0.05) is 12.6 Å². The summed E-state index contributed by atoms with van der Waals surface area (Å²) in [5.74, 6) is 1.85. The van der Waals surface area contributed by atoms with Gasteiger partial charge in [-0.05, 0) is 42.3 Å². The van der Waals surface area contributed by atoms with Crippen molar-refractivity contribution in [3.63, 3.8) is 0 Å². The van der Waals surface area contributed by atoms with Crippen LogP contribution >= 0.6 is 0 Å². The van der Waals surface area contributed by atoms with Gasteiger partial charge >= 0.3 is 0 Å². The van der Waals surface area contributed by atoms with Crippen LogP contribution in [0.1, 0.15) is 24.1 Å². The van der Waals surface area contributed by atoms with Crippen molar-refractivity contribution in [1.29, 1.82) is 0 Å². The van der Waals surface area contributed by atoms with E-state index in [9.17, 15) is 4.39 Å². The van der Waals surface area contributed by atoms with E-state index in [1.54, 1.807) is 13.2 Å². The van der Waals surface area contributed by atoms with E-state index < -0.39 is 0 Å². The lowest BCUT2D eigenvalue weighted by Gasteiger charge is -2.22. The second kappa shape index (κ2) is 7.61. The van der Waals surface area contributed by atoms with Crippen molar-refractivity contribution in [3.05, 3.63) is 47.3 Å². The summed E-state index contributed by atoms with van der Waals surface area (Å²) < 4.78 is 35.5. The molecule has 1 aliphatic heterocycles. The van der Waals surface area contributed by atoms with E-state index in [-0.39, 0.29) is 17.6 Å². The van der Waals surface area contributed by atoms with Crippen LogP contribution in [0.2, 0.25) is 0 Å². The quantitative estimate of drug-likeness (QED) is 0.867. The molecule has 1 aliphatic rings. The molecule has 0 aromatic heterocycles. The number of hydrogen-bond donors (Lipinski definition) is 1. The summed E-state index contributed by atoms with van der Waals surface area (Å²) in [7, 11) is 3.06. The van der Waals surface area contributed by atoms with Crippen LogP contribution in [0, 0.1) is 5.82 Å². The van der Waals surface area contributed by atoms with Crippen molar-refractivity contribution >= 4 is 0 Å². The second-order valence-corrected chi connectivity index (χ2v) is 5.82. The first kappa shape index (κ1) is 17.4. The molecular formula is C19H22FNO4. The molecule has 0 aliphatic carbocycles. The molecule has 2 aromatic rings. The maximum atomic E-state index is 13.9. The number of halogens is 1. The number of nitrogens with one attached hydrogen (secondary N) is 1. The zero-order valence-corrected chi connectivity index (χ0v) is 14.6. The van der Waals surface area contributed by atoms with Gasteiger partial charge in [-0.3, -0.25) is 0 Å². The average Bonchev–Trinajstić information content (AvgIpc) is 2.65. The fourth-order valence-electron chi connectivity index (χ4n) is 2.77. The van der Waals surface area contributed by atoms with Crippen molar-refractivity contribution in [2.45, 2.75) is 19.5 Å². The standard InChI is InChI=1S/C19H22FNO4/c1-12(14-4-5-16(22-2)15(20)10-14)21-11-13-8-17(23-3)19-18(9-13)24-6-7-25-19/h4-5,8-10,12,21H,6-7,11H2,1-3H3. The van der Waals surface area contributed by atoms with Crippen molar-refractivity contribution in [3.8, 4) is 23.0 Å². The second-order valence-electron chi connectivity index (χ2n) is 5.82. The van der Waals surface area contributed by atoms with E-state index in [0.717, 1.165) is 11.1 Å². The van der Waals surface area contributed by atoms with Gasteiger partial charge in [0.2, 0.25) is 5.75 Å². The summed E-state index contributed by atoms with van der Waals surface area (Å²) in [5, 5.41) is 3.38. The van der Waals surface area contributed by atoms with E-state index in [2.05, 4.69) is 5.32 Å². The smallest absolute Gasteiger partial charge is 0.203 e. The summed E-state index contributed by atoms with van der Waals surface area (Å²) in [4.78, 5) is 0. The first-order chi connectivity index (χ1) is 12.1. The Morgan fingerprint density at radius 3 is 2.56 bits per heavy atom. The van der Waals surface area contributed by atoms with E-state index in [1.807, 2.05) is 25.1 Å². The molecule has 0 amide bonds. The van der Waals surface area contributed by atoms with Gasteiger partial charge in [-0.2, -0.15) is 0 Å². The van der Waals surface area contributed by atoms with Crippen molar-refractivity contribution < 1.29 is 23.3 Å². The molecule has 25 heavy (non-hydrogen) atoms. The topological polar surface area (TPSA) is 49.0 Å². The van der Waals surface area contributed by atoms with Crippen LogP contribution < -0.4 is 24.3 Å². The van der Waals surface area contributed by atoms with E-state index in [1.165, 1.54) is 13.2 Å². The monoisotopic (exact) mass is 347 g/mol. The van der Waals surface area contributed by atoms with E-state index in [4.69, 9.17) is 18.9 Å². The number of ether oxygens (including phenoxy) is 4. The highest BCUT2D eigenvalue weighted by molar-refractivity contribution is 5.54. The highest BCUT2D eigenvalue weighted by Crippen LogP contribution is 2.40. The molecule has 0 saturated heterocycles. The molecule has 1 heterocycles. The fourth-order valence-corrected chi connectivity index (χ4v) is 2.77. The van der Waals surface area contributed by atoms with Crippen LogP contribution in [0.25, 0.3) is 0 Å². The molecule has 3 rings (SSSR count). The first-order valence-corrected chi connectivity index (χ1v) is 8.15. The minimum absolute atomic E-state index is 0.0281. The Morgan fingerprint density at radius 2 is 1.84 bits per heavy atom. The lowest BCUT2D eigenvalue weighted by molar-refractivity contribution is 0.165. The lowest BCUT2D eigenvalue weighted by Crippen LogP contribution is -2.19. The Kier molecular flexibility index (Phi) is 5.28. The number of hydrogen-bond acceptors (Lipinski definition) is 5. The third-order valence-electron chi connectivity index (χ3n) is 4.18. The number of benzene rings is 2. The molecule has 5 nitrogen and oxygen atoms in total. The van der Waals surface area contributed by atoms with Crippen LogP contribution in [0.3, 0.4) is 0 Å². The fraction of sp³-hybridized carbons (Fsp3) is 0.368. The molecule has 0 fully saturated rings. The summed E-state index contributed by atoms with van der Waals surface area (Å²) >= 11 is 0. The van der Waals surface area contributed by atoms with Gasteiger partial charge in [-0.1, -0.05) is 6.07 Å². The lowest BCUT2D eigenvalue weighted by atomic mass is 10.1. The van der Waals surface area contributed by atoms with Crippen LogP contribution in [0.5, 0.6) is 23.0 Å². The maximum Gasteiger partial charge on any atom is 0.203 e. The molecule has 134 valence electrons. The van der Waals surface area contributed by atoms with Gasteiger partial charge in [0.05, 0.1) is 14.2 Å². The zero-order valence-electron chi connectivity index (χ0n) is 14.6. The Bertz CT molecular complexity index is 733. The van der Waals surface area contributed by atoms with Crippen LogP contribution in [-0.2, 0) is 6.54 Å². The first-order valence-electron chi connectivity index (χ1n) is 8.15. The molecule has 0 spiro atoms. The third-order valence-corrected chi connectivity index (χ3v) is 4.18. The normalized spacial score (nSPS) is 14.1. The summed E-state index contributed by atoms with van der Waals surface area (Å²) in [5.41, 5.74) is 1.85. The van der Waals surface area contributed by atoms with Gasteiger partial charge in [0.1, 0.15) is 13.2 Å². The molecule has 6 heteroatoms. The number of rotatable bonds is 6. The summed E-state index contributed by atoms with van der Waals surface area (Å²) in [6, 6.07) is 8.80. The van der Waals surface area contributed by atoms with Crippen molar-refractivity contribution in [1.82, 2.24) is 5.32 Å². The SMILES string of the molecule is COc1ccc(C(C)NCc2cc(OC)c3c(c2)OCCO3)cc1F. The average molecular weight is 347 g/mol. The van der Waals surface area contributed by atoms with E-state index in [0.29, 0.717) is 37.0 Å². The van der Waals surface area contributed by atoms with Gasteiger partial charge in [-0.15, -0.1) is 0 Å². The molecule has 0 radical (unpaired) electrons. The predicted octanol–water partition coefficient (Wildman–Crippen LogP) is 3.46. The Morgan fingerprint density at radius 1 is 1.08 bits per heavy atom. The van der Waals surface area contributed by atoms with Crippen molar-refractivity contribution in [2.75, 3.05) is 27.4 Å². The van der Waals surface area contributed by atoms with Gasteiger partial charge in [0.15, 0.2) is 23.1 Å². The largest absolute Gasteiger partial charge is 0.494 e. The molecule has 0 saturated carbocycles. The molecule has 1 atom stereocenters. The van der Waals surface area contributed by atoms with Crippen LogP contribution in [0.15, 0.2) is 30.3 Å².